The number of anilines is 1. The third-order valence-electron chi connectivity index (χ3n) is 2.60. The second-order valence-electron chi connectivity index (χ2n) is 3.99. The lowest BCUT2D eigenvalue weighted by molar-refractivity contribution is 0.281. The van der Waals surface area contributed by atoms with Gasteiger partial charge in [0.15, 0.2) is 0 Å². The standard InChI is InChI=1S/C12H16N2O2.C2H6O/c15-7-5-14(6-8-16)12-9-10-3-1-2-4-11(10)13-12;1-2-3/h1-4,9,13,15-16H,5-8H2;3H,2H2,1H3. The quantitative estimate of drug-likeness (QED) is 0.650. The van der Waals surface area contributed by atoms with Gasteiger partial charge in [-0.25, -0.2) is 0 Å². The van der Waals surface area contributed by atoms with E-state index in [4.69, 9.17) is 15.3 Å². The highest BCUT2D eigenvalue weighted by atomic mass is 16.3. The molecule has 0 aliphatic rings. The van der Waals surface area contributed by atoms with Crippen LogP contribution < -0.4 is 4.90 Å². The van der Waals surface area contributed by atoms with Gasteiger partial charge in [0.2, 0.25) is 0 Å². The van der Waals surface area contributed by atoms with Crippen molar-refractivity contribution in [1.29, 1.82) is 0 Å². The molecule has 1 heterocycles. The van der Waals surface area contributed by atoms with Crippen molar-refractivity contribution in [2.45, 2.75) is 6.92 Å². The fraction of sp³-hybridized carbons (Fsp3) is 0.429. The Morgan fingerprint density at radius 1 is 1.05 bits per heavy atom. The van der Waals surface area contributed by atoms with Gasteiger partial charge in [0.1, 0.15) is 5.82 Å². The lowest BCUT2D eigenvalue weighted by Crippen LogP contribution is -2.29. The van der Waals surface area contributed by atoms with E-state index in [0.717, 1.165) is 16.7 Å². The van der Waals surface area contributed by atoms with Crippen LogP contribution in [0, 0.1) is 0 Å². The molecule has 0 unspecified atom stereocenters. The summed E-state index contributed by atoms with van der Waals surface area (Å²) < 4.78 is 0. The number of aromatic amines is 1. The van der Waals surface area contributed by atoms with Crippen LogP contribution in [-0.4, -0.2) is 53.2 Å². The van der Waals surface area contributed by atoms with Crippen LogP contribution in [0.4, 0.5) is 5.82 Å². The van der Waals surface area contributed by atoms with Gasteiger partial charge in [0.25, 0.3) is 0 Å². The first-order valence-corrected chi connectivity index (χ1v) is 6.42. The number of para-hydroxylation sites is 1. The van der Waals surface area contributed by atoms with Gasteiger partial charge in [0, 0.05) is 30.6 Å². The molecular weight excluding hydrogens is 244 g/mol. The first-order valence-electron chi connectivity index (χ1n) is 6.42. The van der Waals surface area contributed by atoms with Crippen LogP contribution in [0.15, 0.2) is 30.3 Å². The molecular formula is C14H22N2O3. The normalized spacial score (nSPS) is 10.1. The molecule has 1 aromatic heterocycles. The number of rotatable bonds is 5. The molecule has 5 heteroatoms. The summed E-state index contributed by atoms with van der Waals surface area (Å²) in [6.07, 6.45) is 0. The van der Waals surface area contributed by atoms with Crippen LogP contribution in [0.25, 0.3) is 10.9 Å². The third kappa shape index (κ3) is 4.55. The fourth-order valence-corrected chi connectivity index (χ4v) is 1.82. The number of nitrogens with zero attached hydrogens (tertiary/aromatic N) is 1. The average molecular weight is 266 g/mol. The lowest BCUT2D eigenvalue weighted by atomic mass is 10.2. The second-order valence-corrected chi connectivity index (χ2v) is 3.99. The van der Waals surface area contributed by atoms with Crippen LogP contribution in [-0.2, 0) is 0 Å². The molecule has 19 heavy (non-hydrogen) atoms. The lowest BCUT2D eigenvalue weighted by Gasteiger charge is -2.20. The highest BCUT2D eigenvalue weighted by Crippen LogP contribution is 2.20. The van der Waals surface area contributed by atoms with Crippen LogP contribution in [0.5, 0.6) is 0 Å². The van der Waals surface area contributed by atoms with Crippen molar-refractivity contribution in [3.8, 4) is 0 Å². The number of aliphatic hydroxyl groups excluding tert-OH is 3. The monoisotopic (exact) mass is 266 g/mol. The Morgan fingerprint density at radius 2 is 1.63 bits per heavy atom. The molecule has 0 aliphatic heterocycles. The van der Waals surface area contributed by atoms with E-state index >= 15 is 0 Å². The zero-order valence-corrected chi connectivity index (χ0v) is 11.2. The molecule has 1 aromatic carbocycles. The van der Waals surface area contributed by atoms with Crippen LogP contribution in [0.1, 0.15) is 6.92 Å². The summed E-state index contributed by atoms with van der Waals surface area (Å²) in [6, 6.07) is 10.0. The number of aliphatic hydroxyl groups is 3. The smallest absolute Gasteiger partial charge is 0.107 e. The highest BCUT2D eigenvalue weighted by Gasteiger charge is 2.08. The van der Waals surface area contributed by atoms with Gasteiger partial charge in [-0.2, -0.15) is 0 Å². The summed E-state index contributed by atoms with van der Waals surface area (Å²) in [7, 11) is 0. The molecule has 5 nitrogen and oxygen atoms in total. The van der Waals surface area contributed by atoms with Gasteiger partial charge in [-0.15, -0.1) is 0 Å². The van der Waals surface area contributed by atoms with Gasteiger partial charge >= 0.3 is 0 Å². The van der Waals surface area contributed by atoms with Crippen molar-refractivity contribution in [2.24, 2.45) is 0 Å². The Labute approximate surface area is 113 Å². The van der Waals surface area contributed by atoms with Gasteiger partial charge in [-0.3, -0.25) is 0 Å². The van der Waals surface area contributed by atoms with Crippen molar-refractivity contribution < 1.29 is 15.3 Å². The topological polar surface area (TPSA) is 79.7 Å². The summed E-state index contributed by atoms with van der Waals surface area (Å²) >= 11 is 0. The summed E-state index contributed by atoms with van der Waals surface area (Å²) in [6.45, 7) is 3.13. The maximum absolute atomic E-state index is 8.96. The number of fused-ring (bicyclic) bond motifs is 1. The first-order chi connectivity index (χ1) is 9.26. The van der Waals surface area contributed by atoms with Gasteiger partial charge in [-0.1, -0.05) is 18.2 Å². The fourth-order valence-electron chi connectivity index (χ4n) is 1.82. The molecule has 0 amide bonds. The van der Waals surface area contributed by atoms with Gasteiger partial charge in [-0.05, 0) is 19.1 Å². The largest absolute Gasteiger partial charge is 0.397 e. The highest BCUT2D eigenvalue weighted by molar-refractivity contribution is 5.83. The van der Waals surface area contributed by atoms with E-state index in [1.165, 1.54) is 0 Å². The molecule has 2 rings (SSSR count). The average Bonchev–Trinajstić information content (AvgIpc) is 2.83. The number of H-pyrrole nitrogens is 1. The van der Waals surface area contributed by atoms with E-state index in [-0.39, 0.29) is 19.8 Å². The van der Waals surface area contributed by atoms with Gasteiger partial charge < -0.3 is 25.2 Å². The molecule has 0 radical (unpaired) electrons. The Bertz CT molecular complexity index is 431. The molecule has 4 N–H and O–H groups in total. The molecule has 0 aliphatic carbocycles. The number of hydrogen-bond donors (Lipinski definition) is 4. The predicted octanol–water partition coefficient (Wildman–Crippen LogP) is 0.957. The van der Waals surface area contributed by atoms with Crippen molar-refractivity contribution in [3.05, 3.63) is 30.3 Å². The van der Waals surface area contributed by atoms with Crippen molar-refractivity contribution in [1.82, 2.24) is 4.98 Å². The van der Waals surface area contributed by atoms with E-state index < -0.39 is 0 Å². The molecule has 106 valence electrons. The Hall–Kier alpha value is -1.56. The van der Waals surface area contributed by atoms with Crippen molar-refractivity contribution in [3.63, 3.8) is 0 Å². The molecule has 0 atom stereocenters. The van der Waals surface area contributed by atoms with E-state index in [1.807, 2.05) is 35.2 Å². The Morgan fingerprint density at radius 3 is 2.16 bits per heavy atom. The van der Waals surface area contributed by atoms with Gasteiger partial charge in [0.05, 0.1) is 13.2 Å². The molecule has 2 aromatic rings. The maximum atomic E-state index is 8.96. The van der Waals surface area contributed by atoms with E-state index in [0.29, 0.717) is 13.1 Å². The number of nitrogens with one attached hydrogen (secondary N) is 1. The van der Waals surface area contributed by atoms with Crippen LogP contribution in [0.3, 0.4) is 0 Å². The molecule has 0 saturated carbocycles. The molecule has 0 fully saturated rings. The zero-order chi connectivity index (χ0) is 14.1. The van der Waals surface area contributed by atoms with Crippen molar-refractivity contribution in [2.75, 3.05) is 37.8 Å². The summed E-state index contributed by atoms with van der Waals surface area (Å²) in [5, 5.41) is 26.6. The maximum Gasteiger partial charge on any atom is 0.107 e. The summed E-state index contributed by atoms with van der Waals surface area (Å²) in [4.78, 5) is 5.20. The minimum atomic E-state index is 0.0787. The van der Waals surface area contributed by atoms with E-state index in [1.54, 1.807) is 6.92 Å². The molecule has 0 saturated heterocycles. The Balaban J connectivity index is 0.000000550. The van der Waals surface area contributed by atoms with Crippen LogP contribution in [0.2, 0.25) is 0 Å². The summed E-state index contributed by atoms with van der Waals surface area (Å²) in [5.74, 6) is 0.935. The van der Waals surface area contributed by atoms with Crippen LogP contribution >= 0.6 is 0 Å². The minimum absolute atomic E-state index is 0.0787. The minimum Gasteiger partial charge on any atom is -0.397 e. The summed E-state index contributed by atoms with van der Waals surface area (Å²) in [5.41, 5.74) is 1.07. The number of benzene rings is 1. The van der Waals surface area contributed by atoms with E-state index in [9.17, 15) is 0 Å². The van der Waals surface area contributed by atoms with E-state index in [2.05, 4.69) is 4.98 Å². The third-order valence-corrected chi connectivity index (χ3v) is 2.60. The van der Waals surface area contributed by atoms with Crippen molar-refractivity contribution >= 4 is 16.7 Å². The molecule has 0 spiro atoms. The first kappa shape index (κ1) is 15.5. The number of aromatic nitrogens is 1. The Kier molecular flexibility index (Phi) is 6.95. The SMILES string of the molecule is CCO.OCCN(CCO)c1cc2ccccc2[nH]1. The molecule has 0 bridgehead atoms. The second kappa shape index (κ2) is 8.53. The number of hydrogen-bond acceptors (Lipinski definition) is 4. The predicted molar refractivity (Wildman–Crippen MR) is 77.4 cm³/mol. The zero-order valence-electron chi connectivity index (χ0n) is 11.2.